The van der Waals surface area contributed by atoms with Crippen molar-refractivity contribution < 1.29 is 19.4 Å². The average Bonchev–Trinajstić information content (AvgIpc) is 2.74. The van der Waals surface area contributed by atoms with Gasteiger partial charge in [-0.3, -0.25) is 4.79 Å². The first kappa shape index (κ1) is 15.1. The molecule has 0 aromatic carbocycles. The van der Waals surface area contributed by atoms with Gasteiger partial charge < -0.3 is 20.1 Å². The molecule has 0 spiro atoms. The van der Waals surface area contributed by atoms with Gasteiger partial charge in [0.25, 0.3) is 0 Å². The highest BCUT2D eigenvalue weighted by molar-refractivity contribution is 5.78. The van der Waals surface area contributed by atoms with Crippen LogP contribution in [0, 0.1) is 5.41 Å². The van der Waals surface area contributed by atoms with Crippen LogP contribution < -0.4 is 5.32 Å². The Morgan fingerprint density at radius 1 is 1.10 bits per heavy atom. The van der Waals surface area contributed by atoms with Gasteiger partial charge in [0, 0.05) is 26.2 Å². The van der Waals surface area contributed by atoms with Gasteiger partial charge in [0.1, 0.15) is 0 Å². The molecule has 0 radical (unpaired) electrons. The Morgan fingerprint density at radius 2 is 1.85 bits per heavy atom. The number of urea groups is 1. The highest BCUT2D eigenvalue weighted by Crippen LogP contribution is 2.36. The van der Waals surface area contributed by atoms with E-state index >= 15 is 0 Å². The Bertz CT molecular complexity index is 345. The maximum atomic E-state index is 12.1. The van der Waals surface area contributed by atoms with Crippen molar-refractivity contribution in [1.82, 2.24) is 10.2 Å². The molecular weight excluding hydrogens is 260 g/mol. The third kappa shape index (κ3) is 3.62. The highest BCUT2D eigenvalue weighted by Gasteiger charge is 2.40. The number of nitrogens with zero attached hydrogens (tertiary/aromatic N) is 1. The summed E-state index contributed by atoms with van der Waals surface area (Å²) in [6.07, 6.45) is 5.10. The maximum Gasteiger partial charge on any atom is 0.317 e. The quantitative estimate of drug-likeness (QED) is 0.822. The molecule has 0 atom stereocenters. The number of nitrogens with one attached hydrogen (secondary N) is 1. The van der Waals surface area contributed by atoms with Crippen molar-refractivity contribution in [2.45, 2.75) is 38.5 Å². The zero-order chi connectivity index (χ0) is 14.4. The first-order chi connectivity index (χ1) is 9.64. The van der Waals surface area contributed by atoms with Crippen molar-refractivity contribution in [3.63, 3.8) is 0 Å². The number of hydrogen-bond acceptors (Lipinski definition) is 3. The van der Waals surface area contributed by atoms with E-state index < -0.39 is 11.4 Å². The first-order valence-corrected chi connectivity index (χ1v) is 7.48. The minimum absolute atomic E-state index is 0.165. The molecule has 0 bridgehead atoms. The Labute approximate surface area is 119 Å². The third-order valence-electron chi connectivity index (χ3n) is 4.35. The predicted molar refractivity (Wildman–Crippen MR) is 73.6 cm³/mol. The summed E-state index contributed by atoms with van der Waals surface area (Å²) >= 11 is 0. The third-order valence-corrected chi connectivity index (χ3v) is 4.35. The molecule has 20 heavy (non-hydrogen) atoms. The molecule has 6 nitrogen and oxygen atoms in total. The van der Waals surface area contributed by atoms with Crippen LogP contribution in [0.2, 0.25) is 0 Å². The summed E-state index contributed by atoms with van der Waals surface area (Å²) in [5.74, 6) is -0.781. The summed E-state index contributed by atoms with van der Waals surface area (Å²) in [5.41, 5.74) is -0.768. The Kier molecular flexibility index (Phi) is 5.23. The molecule has 2 amide bonds. The molecule has 2 rings (SSSR count). The van der Waals surface area contributed by atoms with Crippen LogP contribution in [-0.4, -0.2) is 54.9 Å². The monoisotopic (exact) mass is 284 g/mol. The summed E-state index contributed by atoms with van der Waals surface area (Å²) in [5, 5.41) is 12.3. The normalized spacial score (nSPS) is 22.9. The van der Waals surface area contributed by atoms with Crippen LogP contribution in [0.25, 0.3) is 0 Å². The van der Waals surface area contributed by atoms with E-state index in [0.29, 0.717) is 39.1 Å². The lowest BCUT2D eigenvalue weighted by molar-refractivity contribution is -0.150. The molecule has 1 aliphatic carbocycles. The summed E-state index contributed by atoms with van der Waals surface area (Å²) in [6.45, 7) is 2.72. The van der Waals surface area contributed by atoms with Gasteiger partial charge in [0.2, 0.25) is 0 Å². The molecule has 0 aromatic rings. The molecular formula is C14H24N2O4. The molecule has 2 aliphatic rings. The van der Waals surface area contributed by atoms with Crippen molar-refractivity contribution in [2.75, 3.05) is 32.8 Å². The van der Waals surface area contributed by atoms with E-state index in [9.17, 15) is 14.7 Å². The Morgan fingerprint density at radius 3 is 2.55 bits per heavy atom. The second-order valence-electron chi connectivity index (χ2n) is 5.76. The summed E-state index contributed by atoms with van der Waals surface area (Å²) in [4.78, 5) is 25.4. The molecule has 1 heterocycles. The van der Waals surface area contributed by atoms with Crippen molar-refractivity contribution in [1.29, 1.82) is 0 Å². The van der Waals surface area contributed by atoms with Gasteiger partial charge in [-0.15, -0.1) is 0 Å². The van der Waals surface area contributed by atoms with Crippen LogP contribution in [0.3, 0.4) is 0 Å². The van der Waals surface area contributed by atoms with Crippen molar-refractivity contribution >= 4 is 12.0 Å². The van der Waals surface area contributed by atoms with Crippen LogP contribution in [0.15, 0.2) is 0 Å². The van der Waals surface area contributed by atoms with E-state index in [1.165, 1.54) is 0 Å². The van der Waals surface area contributed by atoms with Crippen LogP contribution in [0.1, 0.15) is 38.5 Å². The summed E-state index contributed by atoms with van der Waals surface area (Å²) < 4.78 is 5.31. The molecule has 2 fully saturated rings. The van der Waals surface area contributed by atoms with E-state index in [0.717, 1.165) is 25.7 Å². The average molecular weight is 284 g/mol. The fourth-order valence-electron chi connectivity index (χ4n) is 3.00. The van der Waals surface area contributed by atoms with Gasteiger partial charge in [-0.05, 0) is 19.3 Å². The SMILES string of the molecule is O=C(NCC1(C(=O)O)CCCCC1)N1CCCOCC1. The number of carboxylic acids is 1. The van der Waals surface area contributed by atoms with Crippen molar-refractivity contribution in [2.24, 2.45) is 5.41 Å². The van der Waals surface area contributed by atoms with Gasteiger partial charge in [0.05, 0.1) is 12.0 Å². The van der Waals surface area contributed by atoms with Crippen LogP contribution in [-0.2, 0) is 9.53 Å². The fraction of sp³-hybridized carbons (Fsp3) is 0.857. The Hall–Kier alpha value is -1.30. The molecule has 2 N–H and O–H groups in total. The lowest BCUT2D eigenvalue weighted by atomic mass is 9.74. The van der Waals surface area contributed by atoms with Crippen LogP contribution in [0.4, 0.5) is 4.79 Å². The van der Waals surface area contributed by atoms with Crippen molar-refractivity contribution in [3.8, 4) is 0 Å². The largest absolute Gasteiger partial charge is 0.481 e. The van der Waals surface area contributed by atoms with E-state index in [2.05, 4.69) is 5.32 Å². The van der Waals surface area contributed by atoms with Crippen LogP contribution in [0.5, 0.6) is 0 Å². The number of carbonyl (C=O) groups is 2. The zero-order valence-electron chi connectivity index (χ0n) is 11.9. The first-order valence-electron chi connectivity index (χ1n) is 7.48. The number of rotatable bonds is 3. The number of carboxylic acid groups (broad SMARTS) is 1. The number of amides is 2. The minimum atomic E-state index is -0.781. The molecule has 114 valence electrons. The predicted octanol–water partition coefficient (Wildman–Crippen LogP) is 1.45. The van der Waals surface area contributed by atoms with Gasteiger partial charge >= 0.3 is 12.0 Å². The second kappa shape index (κ2) is 6.92. The lowest BCUT2D eigenvalue weighted by Crippen LogP contribution is -2.49. The lowest BCUT2D eigenvalue weighted by Gasteiger charge is -2.34. The van der Waals surface area contributed by atoms with Gasteiger partial charge in [0.15, 0.2) is 0 Å². The van der Waals surface area contributed by atoms with E-state index in [-0.39, 0.29) is 12.6 Å². The summed E-state index contributed by atoms with van der Waals surface area (Å²) in [6, 6.07) is -0.165. The van der Waals surface area contributed by atoms with Crippen molar-refractivity contribution in [3.05, 3.63) is 0 Å². The van der Waals surface area contributed by atoms with E-state index in [4.69, 9.17) is 4.74 Å². The van der Waals surface area contributed by atoms with Gasteiger partial charge in [-0.25, -0.2) is 4.79 Å². The minimum Gasteiger partial charge on any atom is -0.481 e. The summed E-state index contributed by atoms with van der Waals surface area (Å²) in [7, 11) is 0. The fourth-order valence-corrected chi connectivity index (χ4v) is 3.00. The smallest absolute Gasteiger partial charge is 0.317 e. The molecule has 1 saturated carbocycles. The highest BCUT2D eigenvalue weighted by atomic mass is 16.5. The molecule has 1 aliphatic heterocycles. The number of hydrogen-bond donors (Lipinski definition) is 2. The zero-order valence-corrected chi connectivity index (χ0v) is 11.9. The topological polar surface area (TPSA) is 78.9 Å². The number of ether oxygens (including phenoxy) is 1. The molecule has 1 saturated heterocycles. The van der Waals surface area contributed by atoms with E-state index in [1.807, 2.05) is 0 Å². The number of aliphatic carboxylic acids is 1. The molecule has 0 unspecified atom stereocenters. The van der Waals surface area contributed by atoms with Crippen LogP contribution >= 0.6 is 0 Å². The standard InChI is InChI=1S/C14H24N2O4/c17-12(18)14(5-2-1-3-6-14)11-15-13(19)16-7-4-9-20-10-8-16/h1-11H2,(H,15,19)(H,17,18). The molecule has 6 heteroatoms. The Balaban J connectivity index is 1.88. The second-order valence-corrected chi connectivity index (χ2v) is 5.76. The van der Waals surface area contributed by atoms with Gasteiger partial charge in [-0.1, -0.05) is 19.3 Å². The number of carbonyl (C=O) groups excluding carboxylic acids is 1. The van der Waals surface area contributed by atoms with E-state index in [1.54, 1.807) is 4.90 Å². The molecule has 0 aromatic heterocycles. The van der Waals surface area contributed by atoms with Gasteiger partial charge in [-0.2, -0.15) is 0 Å². The maximum absolute atomic E-state index is 12.1.